The maximum Gasteiger partial charge on any atom is 0.273 e. The van der Waals surface area contributed by atoms with Crippen LogP contribution in [0.5, 0.6) is 0 Å². The third-order valence-electron chi connectivity index (χ3n) is 5.81. The molecule has 29 heavy (non-hydrogen) atoms. The second-order valence-electron chi connectivity index (χ2n) is 8.26. The number of hydrogen-bond acceptors (Lipinski definition) is 4. The van der Waals surface area contributed by atoms with Crippen LogP contribution in [-0.2, 0) is 6.42 Å². The van der Waals surface area contributed by atoms with Crippen molar-refractivity contribution in [2.24, 2.45) is 0 Å². The Kier molecular flexibility index (Phi) is 7.62. The molecule has 5 nitrogen and oxygen atoms in total. The minimum atomic E-state index is -0.207. The first-order valence-corrected chi connectivity index (χ1v) is 11.1. The molecular formula is C24H34N4O. The summed E-state index contributed by atoms with van der Waals surface area (Å²) in [6.45, 7) is 4.25. The van der Waals surface area contributed by atoms with Gasteiger partial charge in [0.05, 0.1) is 11.9 Å². The number of amides is 1. The highest BCUT2D eigenvalue weighted by Crippen LogP contribution is 2.24. The van der Waals surface area contributed by atoms with Gasteiger partial charge in [0.25, 0.3) is 5.91 Å². The summed E-state index contributed by atoms with van der Waals surface area (Å²) < 4.78 is 0. The fourth-order valence-corrected chi connectivity index (χ4v) is 4.18. The number of rotatable bonds is 5. The van der Waals surface area contributed by atoms with Crippen LogP contribution < -0.4 is 11.1 Å². The van der Waals surface area contributed by atoms with Gasteiger partial charge in [0.1, 0.15) is 0 Å². The maximum absolute atomic E-state index is 12.9. The van der Waals surface area contributed by atoms with Crippen molar-refractivity contribution in [3.05, 3.63) is 41.2 Å². The molecule has 1 amide bonds. The molecule has 5 heteroatoms. The SMILES string of the molecule is CCCc1ccc(-c2cnc(N)c(C(=O)NC3CCCCCCCC3)n2)c(C)c1. The van der Waals surface area contributed by atoms with Gasteiger partial charge in [-0.25, -0.2) is 9.97 Å². The molecule has 1 aliphatic rings. The zero-order valence-corrected chi connectivity index (χ0v) is 17.8. The summed E-state index contributed by atoms with van der Waals surface area (Å²) in [5.41, 5.74) is 10.4. The molecule has 3 rings (SSSR count). The predicted octanol–water partition coefficient (Wildman–Crippen LogP) is 5.22. The van der Waals surface area contributed by atoms with Gasteiger partial charge in [0.15, 0.2) is 11.5 Å². The van der Waals surface area contributed by atoms with E-state index in [1.807, 2.05) is 0 Å². The Bertz CT molecular complexity index is 824. The van der Waals surface area contributed by atoms with Crippen molar-refractivity contribution in [1.82, 2.24) is 15.3 Å². The van der Waals surface area contributed by atoms with E-state index in [4.69, 9.17) is 5.73 Å². The molecule has 0 unspecified atom stereocenters. The molecule has 0 atom stereocenters. The van der Waals surface area contributed by atoms with Crippen LogP contribution in [0.2, 0.25) is 0 Å². The van der Waals surface area contributed by atoms with E-state index in [1.165, 1.54) is 31.2 Å². The topological polar surface area (TPSA) is 80.9 Å². The third-order valence-corrected chi connectivity index (χ3v) is 5.81. The van der Waals surface area contributed by atoms with Crippen molar-refractivity contribution in [2.45, 2.75) is 84.1 Å². The van der Waals surface area contributed by atoms with Gasteiger partial charge in [-0.2, -0.15) is 0 Å². The van der Waals surface area contributed by atoms with Crippen LogP contribution >= 0.6 is 0 Å². The van der Waals surface area contributed by atoms with Crippen LogP contribution in [0.3, 0.4) is 0 Å². The normalized spacial score (nSPS) is 15.9. The zero-order chi connectivity index (χ0) is 20.6. The first-order valence-electron chi connectivity index (χ1n) is 11.1. The fraction of sp³-hybridized carbons (Fsp3) is 0.542. The van der Waals surface area contributed by atoms with Crippen LogP contribution in [0.4, 0.5) is 5.82 Å². The summed E-state index contributed by atoms with van der Waals surface area (Å²) in [5.74, 6) is -0.0177. The molecule has 0 spiro atoms. The smallest absolute Gasteiger partial charge is 0.273 e. The lowest BCUT2D eigenvalue weighted by atomic mass is 10.0. The van der Waals surface area contributed by atoms with Gasteiger partial charge >= 0.3 is 0 Å². The summed E-state index contributed by atoms with van der Waals surface area (Å²) in [6, 6.07) is 6.58. The van der Waals surface area contributed by atoms with Crippen molar-refractivity contribution in [3.63, 3.8) is 0 Å². The number of nitrogens with zero attached hydrogens (tertiary/aromatic N) is 2. The van der Waals surface area contributed by atoms with Crippen molar-refractivity contribution >= 4 is 11.7 Å². The summed E-state index contributed by atoms with van der Waals surface area (Å²) >= 11 is 0. The molecule has 0 radical (unpaired) electrons. The van der Waals surface area contributed by atoms with Crippen LogP contribution in [-0.4, -0.2) is 21.9 Å². The van der Waals surface area contributed by atoms with E-state index >= 15 is 0 Å². The van der Waals surface area contributed by atoms with E-state index < -0.39 is 0 Å². The van der Waals surface area contributed by atoms with Crippen LogP contribution in [0.25, 0.3) is 11.3 Å². The van der Waals surface area contributed by atoms with Crippen molar-refractivity contribution in [3.8, 4) is 11.3 Å². The van der Waals surface area contributed by atoms with E-state index in [1.54, 1.807) is 6.20 Å². The number of benzene rings is 1. The van der Waals surface area contributed by atoms with Gasteiger partial charge in [-0.1, -0.05) is 70.1 Å². The molecule has 1 aliphatic carbocycles. The number of hydrogen-bond donors (Lipinski definition) is 2. The Morgan fingerprint density at radius 1 is 1.14 bits per heavy atom. The Hall–Kier alpha value is -2.43. The largest absolute Gasteiger partial charge is 0.382 e. The lowest BCUT2D eigenvalue weighted by molar-refractivity contribution is 0.0927. The average Bonchev–Trinajstić information content (AvgIpc) is 2.83. The Balaban J connectivity index is 1.78. The van der Waals surface area contributed by atoms with Gasteiger partial charge in [0.2, 0.25) is 0 Å². The van der Waals surface area contributed by atoms with Gasteiger partial charge < -0.3 is 11.1 Å². The van der Waals surface area contributed by atoms with E-state index in [0.29, 0.717) is 5.69 Å². The highest BCUT2D eigenvalue weighted by molar-refractivity contribution is 5.97. The Morgan fingerprint density at radius 3 is 2.48 bits per heavy atom. The monoisotopic (exact) mass is 394 g/mol. The molecular weight excluding hydrogens is 360 g/mol. The van der Waals surface area contributed by atoms with Gasteiger partial charge in [0, 0.05) is 11.6 Å². The van der Waals surface area contributed by atoms with Crippen LogP contribution in [0.15, 0.2) is 24.4 Å². The van der Waals surface area contributed by atoms with Crippen molar-refractivity contribution < 1.29 is 4.79 Å². The highest BCUT2D eigenvalue weighted by Gasteiger charge is 2.19. The maximum atomic E-state index is 12.9. The van der Waals surface area contributed by atoms with Gasteiger partial charge in [-0.3, -0.25) is 4.79 Å². The van der Waals surface area contributed by atoms with Gasteiger partial charge in [-0.15, -0.1) is 0 Å². The molecule has 156 valence electrons. The Labute approximate surface area is 174 Å². The van der Waals surface area contributed by atoms with Crippen LogP contribution in [0.1, 0.15) is 86.3 Å². The molecule has 1 saturated carbocycles. The summed E-state index contributed by atoms with van der Waals surface area (Å²) in [6.07, 6.45) is 13.3. The molecule has 0 saturated heterocycles. The van der Waals surface area contributed by atoms with Crippen LogP contribution in [0, 0.1) is 6.92 Å². The average molecular weight is 395 g/mol. The lowest BCUT2D eigenvalue weighted by Crippen LogP contribution is -2.36. The van der Waals surface area contributed by atoms with E-state index in [0.717, 1.165) is 49.7 Å². The standard InChI is InChI=1S/C24H34N4O/c1-3-10-18-13-14-20(17(2)15-18)21-16-26-23(25)22(28-21)24(29)27-19-11-8-6-4-5-7-9-12-19/h13-16,19H,3-12H2,1-2H3,(H2,25,26)(H,27,29). The highest BCUT2D eigenvalue weighted by atomic mass is 16.2. The number of carbonyl (C=O) groups excluding carboxylic acids is 1. The zero-order valence-electron chi connectivity index (χ0n) is 17.8. The van der Waals surface area contributed by atoms with Crippen molar-refractivity contribution in [1.29, 1.82) is 0 Å². The first-order chi connectivity index (χ1) is 14.1. The molecule has 0 aliphatic heterocycles. The van der Waals surface area contributed by atoms with E-state index in [9.17, 15) is 4.79 Å². The number of anilines is 1. The second kappa shape index (κ2) is 10.4. The summed E-state index contributed by atoms with van der Waals surface area (Å²) in [7, 11) is 0. The van der Waals surface area contributed by atoms with Gasteiger partial charge in [-0.05, 0) is 37.3 Å². The third kappa shape index (κ3) is 5.78. The minimum absolute atomic E-state index is 0.189. The second-order valence-corrected chi connectivity index (χ2v) is 8.26. The quantitative estimate of drug-likeness (QED) is 0.728. The summed E-state index contributed by atoms with van der Waals surface area (Å²) in [4.78, 5) is 21.8. The first kappa shape index (κ1) is 21.3. The lowest BCUT2D eigenvalue weighted by Gasteiger charge is -2.18. The molecule has 1 heterocycles. The number of aromatic nitrogens is 2. The molecule has 3 N–H and O–H groups in total. The Morgan fingerprint density at radius 2 is 1.83 bits per heavy atom. The van der Waals surface area contributed by atoms with Crippen molar-refractivity contribution in [2.75, 3.05) is 5.73 Å². The van der Waals surface area contributed by atoms with E-state index in [2.05, 4.69) is 47.3 Å². The fourth-order valence-electron chi connectivity index (χ4n) is 4.18. The number of nitrogen functional groups attached to an aromatic ring is 1. The molecule has 1 fully saturated rings. The number of nitrogens with two attached hydrogens (primary N) is 1. The molecule has 1 aromatic carbocycles. The molecule has 1 aromatic heterocycles. The minimum Gasteiger partial charge on any atom is -0.382 e. The molecule has 2 aromatic rings. The number of nitrogens with one attached hydrogen (secondary N) is 1. The van der Waals surface area contributed by atoms with E-state index in [-0.39, 0.29) is 23.5 Å². The summed E-state index contributed by atoms with van der Waals surface area (Å²) in [5, 5.41) is 3.17. The number of carbonyl (C=O) groups is 1. The molecule has 0 bridgehead atoms. The predicted molar refractivity (Wildman–Crippen MR) is 119 cm³/mol. The number of aryl methyl sites for hydroxylation is 2.